The molecular weight excluding hydrogens is 372 g/mol. The topological polar surface area (TPSA) is 54.1 Å². The zero-order valence-corrected chi connectivity index (χ0v) is 16.7. The number of para-hydroxylation sites is 1. The summed E-state index contributed by atoms with van der Waals surface area (Å²) in [5, 5.41) is 5.95. The Morgan fingerprint density at radius 2 is 1.71 bits per heavy atom. The number of ether oxygens (including phenoxy) is 1. The van der Waals surface area contributed by atoms with E-state index in [9.17, 15) is 4.79 Å². The minimum Gasteiger partial charge on any atom is -0.424 e. The standard InChI is InChI=1S/C23H21ClN2O2/c1-23(2,3)22(27)28-20-13-16(25-15-7-5-4-6-8-15)12-18-17-11-14(24)9-10-19(17)26-21(18)20/h4-13,25-26H,1-3H3. The van der Waals surface area contributed by atoms with Crippen molar-refractivity contribution in [3.8, 4) is 5.75 Å². The maximum absolute atomic E-state index is 12.5. The van der Waals surface area contributed by atoms with Crippen LogP contribution in [-0.4, -0.2) is 11.0 Å². The molecule has 2 N–H and O–H groups in total. The summed E-state index contributed by atoms with van der Waals surface area (Å²) in [4.78, 5) is 15.9. The molecule has 4 aromatic rings. The highest BCUT2D eigenvalue weighted by Crippen LogP contribution is 2.37. The van der Waals surface area contributed by atoms with E-state index in [1.54, 1.807) is 0 Å². The third-order valence-corrected chi connectivity index (χ3v) is 4.75. The van der Waals surface area contributed by atoms with Crippen LogP contribution in [0.25, 0.3) is 21.8 Å². The summed E-state index contributed by atoms with van der Waals surface area (Å²) in [5.74, 6) is 0.200. The molecule has 28 heavy (non-hydrogen) atoms. The first kappa shape index (κ1) is 18.4. The highest BCUT2D eigenvalue weighted by atomic mass is 35.5. The maximum atomic E-state index is 12.5. The van der Waals surface area contributed by atoms with Crippen molar-refractivity contribution in [2.75, 3.05) is 5.32 Å². The lowest BCUT2D eigenvalue weighted by Crippen LogP contribution is -2.25. The first-order valence-corrected chi connectivity index (χ1v) is 9.48. The Kier molecular flexibility index (Phi) is 4.52. The van der Waals surface area contributed by atoms with Crippen LogP contribution in [0, 0.1) is 5.41 Å². The van der Waals surface area contributed by atoms with Crippen LogP contribution in [0.2, 0.25) is 5.02 Å². The van der Waals surface area contributed by atoms with Crippen molar-refractivity contribution in [3.05, 3.63) is 65.7 Å². The third-order valence-electron chi connectivity index (χ3n) is 4.51. The molecule has 0 fully saturated rings. The van der Waals surface area contributed by atoms with Crippen LogP contribution in [0.15, 0.2) is 60.7 Å². The number of nitrogens with one attached hydrogen (secondary N) is 2. The zero-order chi connectivity index (χ0) is 19.9. The fourth-order valence-electron chi connectivity index (χ4n) is 3.03. The van der Waals surface area contributed by atoms with Gasteiger partial charge in [-0.05, 0) is 57.2 Å². The summed E-state index contributed by atoms with van der Waals surface area (Å²) in [6, 6.07) is 19.4. The predicted molar refractivity (Wildman–Crippen MR) is 116 cm³/mol. The first-order valence-electron chi connectivity index (χ1n) is 9.10. The first-order chi connectivity index (χ1) is 13.3. The molecule has 0 aliphatic heterocycles. The number of rotatable bonds is 3. The van der Waals surface area contributed by atoms with Crippen LogP contribution in [0.4, 0.5) is 11.4 Å². The van der Waals surface area contributed by atoms with E-state index in [-0.39, 0.29) is 5.97 Å². The van der Waals surface area contributed by atoms with Gasteiger partial charge in [-0.15, -0.1) is 0 Å². The second-order valence-corrected chi connectivity index (χ2v) is 8.28. The number of anilines is 2. The monoisotopic (exact) mass is 392 g/mol. The second kappa shape index (κ2) is 6.88. The van der Waals surface area contributed by atoms with E-state index in [0.717, 1.165) is 33.2 Å². The van der Waals surface area contributed by atoms with Crippen molar-refractivity contribution in [1.82, 2.24) is 4.98 Å². The average Bonchev–Trinajstić information content (AvgIpc) is 3.00. The van der Waals surface area contributed by atoms with Crippen molar-refractivity contribution in [1.29, 1.82) is 0 Å². The molecule has 4 rings (SSSR count). The molecular formula is C23H21ClN2O2. The maximum Gasteiger partial charge on any atom is 0.316 e. The van der Waals surface area contributed by atoms with Gasteiger partial charge in [0.1, 0.15) is 0 Å². The van der Waals surface area contributed by atoms with E-state index in [4.69, 9.17) is 16.3 Å². The fourth-order valence-corrected chi connectivity index (χ4v) is 3.21. The zero-order valence-electron chi connectivity index (χ0n) is 16.0. The lowest BCUT2D eigenvalue weighted by molar-refractivity contribution is -0.142. The number of esters is 1. The second-order valence-electron chi connectivity index (χ2n) is 7.84. The van der Waals surface area contributed by atoms with Gasteiger partial charge in [-0.25, -0.2) is 0 Å². The van der Waals surface area contributed by atoms with Crippen molar-refractivity contribution in [2.24, 2.45) is 5.41 Å². The number of benzene rings is 3. The number of halogens is 1. The summed E-state index contributed by atoms with van der Waals surface area (Å²) >= 11 is 6.21. The van der Waals surface area contributed by atoms with Crippen LogP contribution in [0.3, 0.4) is 0 Å². The molecule has 0 spiro atoms. The van der Waals surface area contributed by atoms with E-state index >= 15 is 0 Å². The number of hydrogen-bond acceptors (Lipinski definition) is 3. The minimum atomic E-state index is -0.607. The van der Waals surface area contributed by atoms with Gasteiger partial charge in [0, 0.05) is 38.8 Å². The molecule has 4 nitrogen and oxygen atoms in total. The average molecular weight is 393 g/mol. The SMILES string of the molecule is CC(C)(C)C(=O)Oc1cc(Nc2ccccc2)cc2c1[nH]c1ccc(Cl)cc12. The van der Waals surface area contributed by atoms with E-state index in [2.05, 4.69) is 10.3 Å². The van der Waals surface area contributed by atoms with Gasteiger partial charge in [-0.3, -0.25) is 4.79 Å². The molecule has 1 heterocycles. The van der Waals surface area contributed by atoms with Crippen molar-refractivity contribution in [2.45, 2.75) is 20.8 Å². The molecule has 142 valence electrons. The molecule has 3 aromatic carbocycles. The Morgan fingerprint density at radius 3 is 2.43 bits per heavy atom. The lowest BCUT2D eigenvalue weighted by Gasteiger charge is -2.17. The molecule has 0 unspecified atom stereocenters. The molecule has 0 amide bonds. The van der Waals surface area contributed by atoms with Crippen LogP contribution in [0.1, 0.15) is 20.8 Å². The Balaban J connectivity index is 1.89. The summed E-state index contributed by atoms with van der Waals surface area (Å²) in [7, 11) is 0. The van der Waals surface area contributed by atoms with Crippen molar-refractivity contribution < 1.29 is 9.53 Å². The lowest BCUT2D eigenvalue weighted by atomic mass is 9.97. The normalized spacial score (nSPS) is 11.7. The molecule has 5 heteroatoms. The van der Waals surface area contributed by atoms with Gasteiger partial charge in [0.2, 0.25) is 0 Å². The van der Waals surface area contributed by atoms with Crippen LogP contribution < -0.4 is 10.1 Å². The summed E-state index contributed by atoms with van der Waals surface area (Å²) < 4.78 is 5.79. The van der Waals surface area contributed by atoms with E-state index in [1.807, 2.05) is 81.4 Å². The van der Waals surface area contributed by atoms with E-state index in [0.29, 0.717) is 10.8 Å². The van der Waals surface area contributed by atoms with Gasteiger partial charge < -0.3 is 15.0 Å². The third kappa shape index (κ3) is 3.56. The van der Waals surface area contributed by atoms with Crippen molar-refractivity contribution in [3.63, 3.8) is 0 Å². The number of carbonyl (C=O) groups excluding carboxylic acids is 1. The molecule has 0 aliphatic rings. The molecule has 0 saturated carbocycles. The predicted octanol–water partition coefficient (Wildman–Crippen LogP) is 6.67. The summed E-state index contributed by atoms with van der Waals surface area (Å²) in [6.07, 6.45) is 0. The van der Waals surface area contributed by atoms with Gasteiger partial charge in [0.25, 0.3) is 0 Å². The Labute approximate surface area is 168 Å². The van der Waals surface area contributed by atoms with Gasteiger partial charge in [-0.2, -0.15) is 0 Å². The number of aromatic nitrogens is 1. The van der Waals surface area contributed by atoms with Crippen LogP contribution >= 0.6 is 11.6 Å². The number of fused-ring (bicyclic) bond motifs is 3. The molecule has 0 aliphatic carbocycles. The summed E-state index contributed by atoms with van der Waals surface area (Å²) in [5.41, 5.74) is 2.88. The number of aromatic amines is 1. The highest BCUT2D eigenvalue weighted by Gasteiger charge is 2.25. The Morgan fingerprint density at radius 1 is 0.964 bits per heavy atom. The highest BCUT2D eigenvalue weighted by molar-refractivity contribution is 6.32. The number of H-pyrrole nitrogens is 1. The largest absolute Gasteiger partial charge is 0.424 e. The van der Waals surface area contributed by atoms with Crippen molar-refractivity contribution >= 4 is 50.8 Å². The quantitative estimate of drug-likeness (QED) is 0.302. The van der Waals surface area contributed by atoms with Gasteiger partial charge >= 0.3 is 5.97 Å². The Bertz CT molecular complexity index is 1170. The molecule has 0 radical (unpaired) electrons. The van der Waals surface area contributed by atoms with E-state index < -0.39 is 5.41 Å². The minimum absolute atomic E-state index is 0.289. The molecule has 0 bridgehead atoms. The fraction of sp³-hybridized carbons (Fsp3) is 0.174. The number of carbonyl (C=O) groups is 1. The van der Waals surface area contributed by atoms with Crippen LogP contribution in [0.5, 0.6) is 5.75 Å². The Hall–Kier alpha value is -2.98. The number of hydrogen-bond donors (Lipinski definition) is 2. The van der Waals surface area contributed by atoms with Gasteiger partial charge in [0.05, 0.1) is 10.9 Å². The molecule has 1 aromatic heterocycles. The molecule has 0 saturated heterocycles. The molecule has 0 atom stereocenters. The van der Waals surface area contributed by atoms with Gasteiger partial charge in [-0.1, -0.05) is 29.8 Å². The van der Waals surface area contributed by atoms with Crippen LogP contribution in [-0.2, 0) is 4.79 Å². The smallest absolute Gasteiger partial charge is 0.316 e. The van der Waals surface area contributed by atoms with Gasteiger partial charge in [0.15, 0.2) is 5.75 Å². The van der Waals surface area contributed by atoms with E-state index in [1.165, 1.54) is 0 Å². The summed E-state index contributed by atoms with van der Waals surface area (Å²) in [6.45, 7) is 5.51.